The van der Waals surface area contributed by atoms with Crippen LogP contribution in [0.1, 0.15) is 0 Å². The van der Waals surface area contributed by atoms with Crippen LogP contribution in [0.3, 0.4) is 0 Å². The van der Waals surface area contributed by atoms with Gasteiger partial charge in [0.2, 0.25) is 0 Å². The Labute approximate surface area is 79.6 Å². The van der Waals surface area contributed by atoms with E-state index < -0.39 is 0 Å². The van der Waals surface area contributed by atoms with E-state index in [0.717, 1.165) is 32.8 Å². The van der Waals surface area contributed by atoms with Gasteiger partial charge in [-0.15, -0.1) is 6.42 Å². The lowest BCUT2D eigenvalue weighted by Crippen LogP contribution is -2.50. The Hall–Kier alpha value is -0.560. The zero-order valence-electron chi connectivity index (χ0n) is 8.07. The molecule has 0 N–H and O–H groups in total. The molecule has 3 heteroatoms. The monoisotopic (exact) mass is 180 g/mol. The quantitative estimate of drug-likeness (QED) is 0.512. The van der Waals surface area contributed by atoms with Gasteiger partial charge in [0.1, 0.15) is 0 Å². The number of likely N-dealkylation sites (tertiary alicyclic amines) is 1. The van der Waals surface area contributed by atoms with Crippen LogP contribution in [0.4, 0.5) is 0 Å². The highest BCUT2D eigenvalue weighted by atomic mass is 16.5. The first kappa shape index (κ1) is 9.01. The van der Waals surface area contributed by atoms with Gasteiger partial charge in [-0.2, -0.15) is 0 Å². The van der Waals surface area contributed by atoms with Crippen molar-refractivity contribution in [3.05, 3.63) is 0 Å². The van der Waals surface area contributed by atoms with E-state index in [2.05, 4.69) is 22.8 Å². The predicted molar refractivity (Wildman–Crippen MR) is 51.4 cm³/mol. The van der Waals surface area contributed by atoms with E-state index in [1.807, 2.05) is 0 Å². The van der Waals surface area contributed by atoms with E-state index in [-0.39, 0.29) is 0 Å². The first-order chi connectivity index (χ1) is 6.31. The smallest absolute Gasteiger partial charge is 0.0870 e. The van der Waals surface area contributed by atoms with Gasteiger partial charge in [-0.05, 0) is 7.05 Å². The second-order valence-electron chi connectivity index (χ2n) is 3.87. The number of hydrogen-bond donors (Lipinski definition) is 0. The van der Waals surface area contributed by atoms with Crippen molar-refractivity contribution in [3.8, 4) is 12.3 Å². The van der Waals surface area contributed by atoms with Gasteiger partial charge in [0, 0.05) is 19.6 Å². The summed E-state index contributed by atoms with van der Waals surface area (Å²) >= 11 is 0. The Morgan fingerprint density at radius 2 is 2.38 bits per heavy atom. The molecule has 0 spiro atoms. The maximum absolute atomic E-state index is 5.70. The van der Waals surface area contributed by atoms with Gasteiger partial charge in [-0.3, -0.25) is 4.90 Å². The molecule has 0 radical (unpaired) electrons. The fourth-order valence-corrected chi connectivity index (χ4v) is 2.26. The van der Waals surface area contributed by atoms with Crippen LogP contribution in [0.2, 0.25) is 0 Å². The van der Waals surface area contributed by atoms with E-state index in [0.29, 0.717) is 12.1 Å². The largest absolute Gasteiger partial charge is 0.374 e. The van der Waals surface area contributed by atoms with Gasteiger partial charge >= 0.3 is 0 Å². The van der Waals surface area contributed by atoms with Crippen molar-refractivity contribution in [2.45, 2.75) is 12.1 Å². The average molecular weight is 180 g/mol. The molecule has 72 valence electrons. The molecule has 2 saturated heterocycles. The Kier molecular flexibility index (Phi) is 2.54. The van der Waals surface area contributed by atoms with Crippen LogP contribution < -0.4 is 0 Å². The van der Waals surface area contributed by atoms with Gasteiger partial charge in [0.25, 0.3) is 0 Å². The molecule has 2 heterocycles. The highest BCUT2D eigenvalue weighted by molar-refractivity contribution is 4.98. The molecule has 0 amide bonds. The van der Waals surface area contributed by atoms with E-state index >= 15 is 0 Å². The number of likely N-dealkylation sites (N-methyl/N-ethyl adjacent to an activating group) is 1. The maximum atomic E-state index is 5.70. The van der Waals surface area contributed by atoms with Gasteiger partial charge in [0.15, 0.2) is 0 Å². The average Bonchev–Trinajstić information content (AvgIpc) is 2.47. The van der Waals surface area contributed by atoms with Crippen LogP contribution in [0, 0.1) is 12.3 Å². The van der Waals surface area contributed by atoms with E-state index in [9.17, 15) is 0 Å². The minimum atomic E-state index is 0.382. The second-order valence-corrected chi connectivity index (χ2v) is 3.87. The van der Waals surface area contributed by atoms with E-state index in [1.54, 1.807) is 0 Å². The standard InChI is InChI=1S/C10H16N2O/c1-3-4-12-5-6-13-10-8-11(2)7-9(10)12/h1,9-10H,4-8H2,2H3/t9-,10-/m1/s1. The van der Waals surface area contributed by atoms with Crippen LogP contribution >= 0.6 is 0 Å². The number of terminal acetylenes is 1. The molecule has 2 aliphatic rings. The topological polar surface area (TPSA) is 15.7 Å². The van der Waals surface area contributed by atoms with Crippen LogP contribution in [0.5, 0.6) is 0 Å². The van der Waals surface area contributed by atoms with Crippen molar-refractivity contribution in [2.75, 3.05) is 39.8 Å². The number of morpholine rings is 1. The summed E-state index contributed by atoms with van der Waals surface area (Å²) < 4.78 is 5.70. The normalized spacial score (nSPS) is 35.7. The number of fused-ring (bicyclic) bond motifs is 1. The molecule has 2 atom stereocenters. The molecular formula is C10H16N2O. The zero-order valence-corrected chi connectivity index (χ0v) is 8.07. The molecular weight excluding hydrogens is 164 g/mol. The summed E-state index contributed by atoms with van der Waals surface area (Å²) in [6.45, 7) is 4.71. The van der Waals surface area contributed by atoms with Crippen LogP contribution in [-0.2, 0) is 4.74 Å². The third kappa shape index (κ3) is 1.71. The molecule has 0 aromatic heterocycles. The Morgan fingerprint density at radius 1 is 1.54 bits per heavy atom. The van der Waals surface area contributed by atoms with Crippen LogP contribution in [-0.4, -0.2) is 61.8 Å². The van der Waals surface area contributed by atoms with Crippen molar-refractivity contribution in [1.82, 2.24) is 9.80 Å². The highest BCUT2D eigenvalue weighted by Crippen LogP contribution is 2.20. The lowest BCUT2D eigenvalue weighted by atomic mass is 10.1. The summed E-state index contributed by atoms with van der Waals surface area (Å²) in [6, 6.07) is 0.523. The molecule has 0 unspecified atom stereocenters. The number of hydrogen-bond acceptors (Lipinski definition) is 3. The first-order valence-electron chi connectivity index (χ1n) is 4.79. The summed E-state index contributed by atoms with van der Waals surface area (Å²) in [4.78, 5) is 4.67. The molecule has 0 saturated carbocycles. The maximum Gasteiger partial charge on any atom is 0.0870 e. The molecule has 3 nitrogen and oxygen atoms in total. The molecule has 0 aromatic rings. The molecule has 2 fully saturated rings. The van der Waals surface area contributed by atoms with Crippen molar-refractivity contribution in [3.63, 3.8) is 0 Å². The van der Waals surface area contributed by atoms with Crippen molar-refractivity contribution >= 4 is 0 Å². The Bertz CT molecular complexity index is 223. The highest BCUT2D eigenvalue weighted by Gasteiger charge is 2.38. The first-order valence-corrected chi connectivity index (χ1v) is 4.79. The Balaban J connectivity index is 2.02. The summed E-state index contributed by atoms with van der Waals surface area (Å²) in [5.74, 6) is 2.72. The second kappa shape index (κ2) is 3.67. The minimum Gasteiger partial charge on any atom is -0.374 e. The summed E-state index contributed by atoms with van der Waals surface area (Å²) in [5, 5.41) is 0. The molecule has 0 bridgehead atoms. The van der Waals surface area contributed by atoms with Crippen molar-refractivity contribution < 1.29 is 4.74 Å². The zero-order chi connectivity index (χ0) is 9.26. The van der Waals surface area contributed by atoms with Crippen LogP contribution in [0.25, 0.3) is 0 Å². The molecule has 13 heavy (non-hydrogen) atoms. The van der Waals surface area contributed by atoms with Gasteiger partial charge in [0.05, 0.1) is 25.3 Å². The van der Waals surface area contributed by atoms with Gasteiger partial charge in [-0.25, -0.2) is 0 Å². The lowest BCUT2D eigenvalue weighted by molar-refractivity contribution is -0.0418. The fraction of sp³-hybridized carbons (Fsp3) is 0.800. The number of rotatable bonds is 1. The fourth-order valence-electron chi connectivity index (χ4n) is 2.26. The Morgan fingerprint density at radius 3 is 3.15 bits per heavy atom. The van der Waals surface area contributed by atoms with Gasteiger partial charge in [-0.1, -0.05) is 5.92 Å². The molecule has 2 aliphatic heterocycles. The summed E-state index contributed by atoms with van der Waals surface area (Å²) in [6.07, 6.45) is 5.71. The third-order valence-corrected chi connectivity index (χ3v) is 2.89. The predicted octanol–water partition coefficient (Wildman–Crippen LogP) is -0.366. The number of ether oxygens (including phenoxy) is 1. The third-order valence-electron chi connectivity index (χ3n) is 2.89. The molecule has 0 aromatic carbocycles. The van der Waals surface area contributed by atoms with Crippen molar-refractivity contribution in [2.24, 2.45) is 0 Å². The minimum absolute atomic E-state index is 0.382. The summed E-state index contributed by atoms with van der Waals surface area (Å²) in [7, 11) is 2.13. The molecule has 0 aliphatic carbocycles. The SMILES string of the molecule is C#CCN1CCO[C@@H]2CN(C)C[C@H]21. The van der Waals surface area contributed by atoms with E-state index in [4.69, 9.17) is 11.2 Å². The van der Waals surface area contributed by atoms with Crippen LogP contribution in [0.15, 0.2) is 0 Å². The lowest BCUT2D eigenvalue weighted by Gasteiger charge is -2.35. The molecule has 2 rings (SSSR count). The number of nitrogens with zero attached hydrogens (tertiary/aromatic N) is 2. The van der Waals surface area contributed by atoms with Gasteiger partial charge < -0.3 is 9.64 Å². The van der Waals surface area contributed by atoms with Crippen molar-refractivity contribution in [1.29, 1.82) is 0 Å². The van der Waals surface area contributed by atoms with E-state index in [1.165, 1.54) is 0 Å². The summed E-state index contributed by atoms with van der Waals surface area (Å²) in [5.41, 5.74) is 0.